The maximum absolute atomic E-state index is 6.14. The quantitative estimate of drug-likeness (QED) is 0.697. The summed E-state index contributed by atoms with van der Waals surface area (Å²) in [5, 5.41) is 1.34. The molecule has 0 radical (unpaired) electrons. The molecule has 2 aromatic rings. The van der Waals surface area contributed by atoms with Crippen LogP contribution in [0.15, 0.2) is 36.5 Å². The Morgan fingerprint density at radius 1 is 1.13 bits per heavy atom. The summed E-state index contributed by atoms with van der Waals surface area (Å²) in [5.41, 5.74) is 2.32. The van der Waals surface area contributed by atoms with Gasteiger partial charge in [0, 0.05) is 17.0 Å². The van der Waals surface area contributed by atoms with Gasteiger partial charge in [-0.1, -0.05) is 25.1 Å². The molecule has 0 spiro atoms. The number of hydrogen-bond donors (Lipinski definition) is 0. The Hall–Kier alpha value is -1.08. The number of aromatic nitrogens is 1. The monoisotopic (exact) mass is 219 g/mol. The fourth-order valence-corrected chi connectivity index (χ4v) is 1.90. The molecule has 1 aromatic carbocycles. The fourth-order valence-electron chi connectivity index (χ4n) is 1.76. The molecule has 0 aliphatic rings. The Balaban J connectivity index is 2.60. The highest BCUT2D eigenvalue weighted by Crippen LogP contribution is 2.28. The van der Waals surface area contributed by atoms with Gasteiger partial charge in [-0.3, -0.25) is 4.98 Å². The lowest BCUT2D eigenvalue weighted by Gasteiger charge is -2.16. The molecule has 0 bridgehead atoms. The van der Waals surface area contributed by atoms with Gasteiger partial charge < -0.3 is 0 Å². The van der Waals surface area contributed by atoms with Gasteiger partial charge in [0.2, 0.25) is 0 Å². The first-order chi connectivity index (χ1) is 7.20. The second-order valence-electron chi connectivity index (χ2n) is 3.88. The lowest BCUT2D eigenvalue weighted by molar-refractivity contribution is 0.748. The predicted octanol–water partition coefficient (Wildman–Crippen LogP) is 3.97. The van der Waals surface area contributed by atoms with Gasteiger partial charge in [-0.25, -0.2) is 0 Å². The molecule has 1 heterocycles. The summed E-state index contributed by atoms with van der Waals surface area (Å²) in [5.74, 6) is 0.347. The third-order valence-electron chi connectivity index (χ3n) is 2.86. The lowest BCUT2D eigenvalue weighted by Crippen LogP contribution is -2.05. The zero-order valence-electron chi connectivity index (χ0n) is 8.94. The van der Waals surface area contributed by atoms with E-state index < -0.39 is 0 Å². The molecule has 0 amide bonds. The number of para-hydroxylation sites is 1. The standard InChI is InChI=1S/C13H14ClN/c1-9(10(2)14)11-7-8-15-13-6-4-3-5-12(11)13/h3-10H,1-2H3. The minimum absolute atomic E-state index is 0.135. The van der Waals surface area contributed by atoms with Crippen LogP contribution in [0.4, 0.5) is 0 Å². The van der Waals surface area contributed by atoms with Gasteiger partial charge >= 0.3 is 0 Å². The molecule has 1 nitrogen and oxygen atoms in total. The molecular formula is C13H14ClN. The number of benzene rings is 1. The smallest absolute Gasteiger partial charge is 0.0704 e. The van der Waals surface area contributed by atoms with Crippen LogP contribution in [0, 0.1) is 0 Å². The van der Waals surface area contributed by atoms with Crippen LogP contribution in [0.25, 0.3) is 10.9 Å². The van der Waals surface area contributed by atoms with E-state index in [1.165, 1.54) is 10.9 Å². The van der Waals surface area contributed by atoms with Crippen LogP contribution in [0.5, 0.6) is 0 Å². The van der Waals surface area contributed by atoms with Crippen molar-refractivity contribution in [2.75, 3.05) is 0 Å². The summed E-state index contributed by atoms with van der Waals surface area (Å²) in [4.78, 5) is 4.34. The fraction of sp³-hybridized carbons (Fsp3) is 0.308. The van der Waals surface area contributed by atoms with Gasteiger partial charge in [0.25, 0.3) is 0 Å². The van der Waals surface area contributed by atoms with Crippen LogP contribution in [0.2, 0.25) is 0 Å². The first kappa shape index (κ1) is 10.4. The predicted molar refractivity (Wildman–Crippen MR) is 65.5 cm³/mol. The molecule has 0 saturated carbocycles. The second kappa shape index (κ2) is 4.19. The Labute approximate surface area is 95.1 Å². The zero-order chi connectivity index (χ0) is 10.8. The van der Waals surface area contributed by atoms with Crippen LogP contribution >= 0.6 is 11.6 Å². The number of hydrogen-bond acceptors (Lipinski definition) is 1. The van der Waals surface area contributed by atoms with E-state index >= 15 is 0 Å². The first-order valence-electron chi connectivity index (χ1n) is 5.18. The average molecular weight is 220 g/mol. The molecule has 2 rings (SSSR count). The van der Waals surface area contributed by atoms with Crippen molar-refractivity contribution in [1.82, 2.24) is 4.98 Å². The maximum atomic E-state index is 6.14. The minimum atomic E-state index is 0.135. The van der Waals surface area contributed by atoms with Crippen molar-refractivity contribution in [2.24, 2.45) is 0 Å². The highest BCUT2D eigenvalue weighted by atomic mass is 35.5. The van der Waals surface area contributed by atoms with Gasteiger partial charge in [0.1, 0.15) is 0 Å². The molecule has 0 saturated heterocycles. The van der Waals surface area contributed by atoms with Crippen molar-refractivity contribution >= 4 is 22.5 Å². The van der Waals surface area contributed by atoms with Crippen molar-refractivity contribution in [3.63, 3.8) is 0 Å². The third kappa shape index (κ3) is 1.98. The number of fused-ring (bicyclic) bond motifs is 1. The molecule has 0 aliphatic heterocycles. The van der Waals surface area contributed by atoms with Gasteiger partial charge in [0.05, 0.1) is 5.52 Å². The Morgan fingerprint density at radius 3 is 2.60 bits per heavy atom. The van der Waals surface area contributed by atoms with Crippen LogP contribution in [0.1, 0.15) is 25.3 Å². The van der Waals surface area contributed by atoms with Crippen molar-refractivity contribution < 1.29 is 0 Å². The number of alkyl halides is 1. The molecule has 1 aromatic heterocycles. The van der Waals surface area contributed by atoms with E-state index in [1.54, 1.807) is 0 Å². The van der Waals surface area contributed by atoms with E-state index in [-0.39, 0.29) is 5.38 Å². The highest BCUT2D eigenvalue weighted by molar-refractivity contribution is 6.21. The summed E-state index contributed by atoms with van der Waals surface area (Å²) in [6, 6.07) is 10.2. The SMILES string of the molecule is CC(Cl)C(C)c1ccnc2ccccc12. The van der Waals surface area contributed by atoms with E-state index in [1.807, 2.05) is 31.3 Å². The molecule has 78 valence electrons. The zero-order valence-corrected chi connectivity index (χ0v) is 9.70. The largest absolute Gasteiger partial charge is 0.256 e. The lowest BCUT2D eigenvalue weighted by atomic mass is 9.95. The molecule has 0 aliphatic carbocycles. The molecule has 2 atom stereocenters. The van der Waals surface area contributed by atoms with E-state index in [0.29, 0.717) is 5.92 Å². The Kier molecular flexibility index (Phi) is 2.92. The first-order valence-corrected chi connectivity index (χ1v) is 5.61. The van der Waals surface area contributed by atoms with Crippen molar-refractivity contribution in [1.29, 1.82) is 0 Å². The number of halogens is 1. The molecule has 2 unspecified atom stereocenters. The maximum Gasteiger partial charge on any atom is 0.0704 e. The minimum Gasteiger partial charge on any atom is -0.256 e. The normalized spacial score (nSPS) is 15.1. The Bertz CT molecular complexity index is 460. The average Bonchev–Trinajstić information content (AvgIpc) is 2.27. The number of rotatable bonds is 2. The molecule has 0 fully saturated rings. The summed E-state index contributed by atoms with van der Waals surface area (Å²) in [7, 11) is 0. The molecule has 0 N–H and O–H groups in total. The van der Waals surface area contributed by atoms with E-state index in [9.17, 15) is 0 Å². The highest BCUT2D eigenvalue weighted by Gasteiger charge is 2.14. The van der Waals surface area contributed by atoms with Gasteiger partial charge in [-0.15, -0.1) is 11.6 Å². The number of pyridine rings is 1. The Morgan fingerprint density at radius 2 is 1.87 bits per heavy atom. The van der Waals surface area contributed by atoms with E-state index in [0.717, 1.165) is 5.52 Å². The van der Waals surface area contributed by atoms with Crippen LogP contribution in [0.3, 0.4) is 0 Å². The van der Waals surface area contributed by atoms with Crippen LogP contribution in [-0.4, -0.2) is 10.4 Å². The van der Waals surface area contributed by atoms with Gasteiger partial charge in [0.15, 0.2) is 0 Å². The summed E-state index contributed by atoms with van der Waals surface area (Å²) in [6.45, 7) is 4.18. The molecule has 2 heteroatoms. The van der Waals surface area contributed by atoms with E-state index in [4.69, 9.17) is 11.6 Å². The van der Waals surface area contributed by atoms with Crippen molar-refractivity contribution in [3.8, 4) is 0 Å². The van der Waals surface area contributed by atoms with Gasteiger partial charge in [-0.2, -0.15) is 0 Å². The summed E-state index contributed by atoms with van der Waals surface area (Å²) in [6.07, 6.45) is 1.85. The molecule has 15 heavy (non-hydrogen) atoms. The van der Waals surface area contributed by atoms with Gasteiger partial charge in [-0.05, 0) is 30.5 Å². The van der Waals surface area contributed by atoms with Crippen LogP contribution in [-0.2, 0) is 0 Å². The third-order valence-corrected chi connectivity index (χ3v) is 3.24. The topological polar surface area (TPSA) is 12.9 Å². The second-order valence-corrected chi connectivity index (χ2v) is 4.57. The molecular weight excluding hydrogens is 206 g/mol. The van der Waals surface area contributed by atoms with Crippen molar-refractivity contribution in [2.45, 2.75) is 25.1 Å². The van der Waals surface area contributed by atoms with Crippen LogP contribution < -0.4 is 0 Å². The summed E-state index contributed by atoms with van der Waals surface area (Å²) < 4.78 is 0. The van der Waals surface area contributed by atoms with E-state index in [2.05, 4.69) is 24.0 Å². The van der Waals surface area contributed by atoms with Crippen molar-refractivity contribution in [3.05, 3.63) is 42.1 Å². The number of nitrogens with zero attached hydrogens (tertiary/aromatic N) is 1. The summed E-state index contributed by atoms with van der Waals surface area (Å²) >= 11 is 6.14.